The Hall–Kier alpha value is 0.745. The minimum Gasteiger partial charge on any atom is -0.243 e. The van der Waals surface area contributed by atoms with Crippen LogP contribution >= 0.6 is 22.4 Å². The first-order valence-electron chi connectivity index (χ1n) is 1.42. The summed E-state index contributed by atoms with van der Waals surface area (Å²) in [7, 11) is -2.17. The third kappa shape index (κ3) is 2.96. The summed E-state index contributed by atoms with van der Waals surface area (Å²) in [6.07, 6.45) is 0. The second-order valence-electron chi connectivity index (χ2n) is 0.859. The van der Waals surface area contributed by atoms with Gasteiger partial charge in [0, 0.05) is 0 Å². The summed E-state index contributed by atoms with van der Waals surface area (Å²) in [4.78, 5) is 0. The van der Waals surface area contributed by atoms with Crippen molar-refractivity contribution in [3.05, 3.63) is 0 Å². The lowest BCUT2D eigenvalue weighted by Gasteiger charge is -1.73. The van der Waals surface area contributed by atoms with Crippen LogP contribution in [0.4, 0.5) is 0 Å². The Balaban J connectivity index is 3.57. The van der Waals surface area contributed by atoms with Crippen molar-refractivity contribution in [2.75, 3.05) is 0 Å². The second-order valence-corrected chi connectivity index (χ2v) is 5.06. The second kappa shape index (κ2) is 2.84. The van der Waals surface area contributed by atoms with Crippen molar-refractivity contribution in [3.8, 4) is 0 Å². The molecule has 0 fully saturated rings. The van der Waals surface area contributed by atoms with Crippen molar-refractivity contribution in [3.63, 3.8) is 0 Å². The van der Waals surface area contributed by atoms with E-state index in [9.17, 15) is 8.42 Å². The molecule has 2 nitrogen and oxygen atoms in total. The van der Waals surface area contributed by atoms with E-state index in [1.165, 1.54) is 0 Å². The van der Waals surface area contributed by atoms with E-state index in [-0.39, 0.29) is 3.85 Å². The van der Waals surface area contributed by atoms with Gasteiger partial charge in [-0.1, -0.05) is 6.82 Å². The van der Waals surface area contributed by atoms with Crippen LogP contribution in [0.2, 0.25) is 6.82 Å². The monoisotopic (exact) mass is 218 g/mol. The molecule has 0 amide bonds. The fraction of sp³-hybridized carbons (Fsp3) is 1.00. The van der Waals surface area contributed by atoms with E-state index in [2.05, 4.69) is 0 Å². The lowest BCUT2D eigenvalue weighted by atomic mass is 10.2. The first kappa shape index (κ1) is 6.74. The van der Waals surface area contributed by atoms with Gasteiger partial charge in [-0.3, -0.25) is 0 Å². The molecule has 0 unspecified atom stereocenters. The van der Waals surface area contributed by atoms with Crippen LogP contribution < -0.4 is 0 Å². The maximum atomic E-state index is 9.73. The third-order valence-corrected chi connectivity index (χ3v) is 2.24. The summed E-state index contributed by atoms with van der Waals surface area (Å²) in [6.45, 7) is 1.63. The molecule has 0 heterocycles. The summed E-state index contributed by atoms with van der Waals surface area (Å²) in [5.41, 5.74) is 0. The van der Waals surface area contributed by atoms with Crippen molar-refractivity contribution in [1.82, 2.24) is 0 Å². The molecule has 0 radical (unpaired) electrons. The number of halogens is 1. The maximum absolute atomic E-state index is 9.73. The van der Waals surface area contributed by atoms with E-state index in [0.717, 1.165) is 0 Å². The highest BCUT2D eigenvalue weighted by Crippen LogP contribution is 1.90. The van der Waals surface area contributed by atoms with E-state index in [4.69, 9.17) is 0 Å². The van der Waals surface area contributed by atoms with Crippen molar-refractivity contribution in [1.29, 1.82) is 0 Å². The highest BCUT2D eigenvalue weighted by atomic mass is 127. The molecule has 0 aromatic carbocycles. The SMILES string of the molecule is CB(I)[SH](=O)=O. The number of hydrogen-bond donors (Lipinski definition) is 1. The molecule has 0 bridgehead atoms. The molecule has 0 aliphatic carbocycles. The lowest BCUT2D eigenvalue weighted by Crippen LogP contribution is -1.95. The molecule has 0 aromatic heterocycles. The van der Waals surface area contributed by atoms with Crippen LogP contribution in [0.15, 0.2) is 0 Å². The van der Waals surface area contributed by atoms with Crippen LogP contribution in [-0.4, -0.2) is 12.3 Å². The molecule has 0 aliphatic heterocycles. The number of thiol groups is 1. The molecule has 0 saturated carbocycles. The average Bonchev–Trinajstić information content (AvgIpc) is 1.36. The normalized spacial score (nSPS) is 9.17. The summed E-state index contributed by atoms with van der Waals surface area (Å²) in [5.74, 6) is 0. The molecule has 36 valence electrons. The standard InChI is InChI=1S/CH4BIO2S/c1-2(3)6(4)5/h6H,1H3. The minimum atomic E-state index is -2.17. The average molecular weight is 218 g/mol. The number of rotatable bonds is 1. The van der Waals surface area contributed by atoms with Crippen LogP contribution in [0, 0.1) is 0 Å². The molecule has 0 N–H and O–H groups in total. The third-order valence-electron chi connectivity index (χ3n) is 0.291. The Kier molecular flexibility index (Phi) is 3.20. The first-order valence-corrected chi connectivity index (χ1v) is 3.91. The highest BCUT2D eigenvalue weighted by Gasteiger charge is 2.00. The molecular weight excluding hydrogens is 214 g/mol. The molecule has 5 heteroatoms. The topological polar surface area (TPSA) is 34.1 Å². The van der Waals surface area contributed by atoms with E-state index < -0.39 is 10.6 Å². The van der Waals surface area contributed by atoms with Crippen LogP contribution in [0.25, 0.3) is 0 Å². The van der Waals surface area contributed by atoms with Gasteiger partial charge in [-0.05, 0) is 0 Å². The molecular formula is CH4BIO2S. The highest BCUT2D eigenvalue weighted by molar-refractivity contribution is 14.1. The summed E-state index contributed by atoms with van der Waals surface area (Å²) in [5, 5.41) is 0. The first-order chi connectivity index (χ1) is 2.64. The van der Waals surface area contributed by atoms with Crippen molar-refractivity contribution in [2.24, 2.45) is 0 Å². The fourth-order valence-electron chi connectivity index (χ4n) is 0. The van der Waals surface area contributed by atoms with E-state index >= 15 is 0 Å². The van der Waals surface area contributed by atoms with Crippen molar-refractivity contribution < 1.29 is 8.42 Å². The summed E-state index contributed by atoms with van der Waals surface area (Å²) >= 11 is 1.84. The van der Waals surface area contributed by atoms with Crippen LogP contribution in [-0.2, 0) is 10.6 Å². The zero-order valence-corrected chi connectivity index (χ0v) is 6.27. The predicted molar refractivity (Wildman–Crippen MR) is 36.0 cm³/mol. The van der Waals surface area contributed by atoms with Crippen LogP contribution in [0.3, 0.4) is 0 Å². The molecule has 0 saturated heterocycles. The van der Waals surface area contributed by atoms with Gasteiger partial charge in [-0.25, -0.2) is 8.42 Å². The van der Waals surface area contributed by atoms with E-state index in [1.807, 2.05) is 22.4 Å². The Morgan fingerprint density at radius 1 is 1.67 bits per heavy atom. The zero-order chi connectivity index (χ0) is 5.15. The zero-order valence-electron chi connectivity index (χ0n) is 3.22. The van der Waals surface area contributed by atoms with Gasteiger partial charge >= 0.3 is 3.85 Å². The smallest absolute Gasteiger partial charge is 0.243 e. The fourth-order valence-corrected chi connectivity index (χ4v) is 0. The van der Waals surface area contributed by atoms with Gasteiger partial charge in [-0.15, -0.1) is 22.4 Å². The van der Waals surface area contributed by atoms with E-state index in [1.54, 1.807) is 6.82 Å². The summed E-state index contributed by atoms with van der Waals surface area (Å²) < 4.78 is 19.2. The van der Waals surface area contributed by atoms with Gasteiger partial charge in [0.25, 0.3) is 0 Å². The van der Waals surface area contributed by atoms with Gasteiger partial charge in [0.1, 0.15) is 10.6 Å². The van der Waals surface area contributed by atoms with Crippen molar-refractivity contribution >= 4 is 36.8 Å². The van der Waals surface area contributed by atoms with Gasteiger partial charge in [0.15, 0.2) is 0 Å². The molecule has 0 rings (SSSR count). The summed E-state index contributed by atoms with van der Waals surface area (Å²) in [6, 6.07) is 0. The Labute approximate surface area is 52.1 Å². The van der Waals surface area contributed by atoms with Crippen LogP contribution in [0.1, 0.15) is 0 Å². The number of hydrogen-bond acceptors (Lipinski definition) is 2. The molecule has 6 heavy (non-hydrogen) atoms. The quantitative estimate of drug-likeness (QED) is 0.386. The largest absolute Gasteiger partial charge is 0.354 e. The lowest BCUT2D eigenvalue weighted by molar-refractivity contribution is 0.625. The van der Waals surface area contributed by atoms with E-state index in [0.29, 0.717) is 0 Å². The molecule has 0 atom stereocenters. The minimum absolute atomic E-state index is 0.224. The molecule has 0 spiro atoms. The predicted octanol–water partition coefficient (Wildman–Crippen LogP) is 0.151. The Morgan fingerprint density at radius 3 is 1.83 bits per heavy atom. The Bertz CT molecular complexity index is 89.7. The molecule has 0 aromatic rings. The van der Waals surface area contributed by atoms with Gasteiger partial charge < -0.3 is 0 Å². The van der Waals surface area contributed by atoms with Gasteiger partial charge in [0.2, 0.25) is 0 Å². The maximum Gasteiger partial charge on any atom is 0.354 e. The molecule has 0 aliphatic rings. The van der Waals surface area contributed by atoms with Crippen molar-refractivity contribution in [2.45, 2.75) is 6.82 Å². The Morgan fingerprint density at radius 2 is 1.83 bits per heavy atom. The van der Waals surface area contributed by atoms with Gasteiger partial charge in [0.05, 0.1) is 0 Å². The van der Waals surface area contributed by atoms with Crippen LogP contribution in [0.5, 0.6) is 0 Å². The van der Waals surface area contributed by atoms with Gasteiger partial charge in [-0.2, -0.15) is 0 Å².